The van der Waals surface area contributed by atoms with Gasteiger partial charge in [-0.05, 0) is 24.6 Å². The van der Waals surface area contributed by atoms with Gasteiger partial charge in [0.2, 0.25) is 5.91 Å². The molecule has 0 bridgehead atoms. The maximum absolute atomic E-state index is 12.1. The van der Waals surface area contributed by atoms with Gasteiger partial charge in [0, 0.05) is 22.7 Å². The number of ether oxygens (including phenoxy) is 1. The Morgan fingerprint density at radius 3 is 2.92 bits per heavy atom. The molecule has 124 valence electrons. The van der Waals surface area contributed by atoms with Crippen LogP contribution in [0.4, 0.5) is 5.82 Å². The van der Waals surface area contributed by atoms with Gasteiger partial charge < -0.3 is 15.0 Å². The molecule has 6 heteroatoms. The summed E-state index contributed by atoms with van der Waals surface area (Å²) >= 11 is 0. The molecule has 1 saturated carbocycles. The van der Waals surface area contributed by atoms with E-state index in [1.807, 2.05) is 36.5 Å². The van der Waals surface area contributed by atoms with Crippen LogP contribution in [0.3, 0.4) is 0 Å². The summed E-state index contributed by atoms with van der Waals surface area (Å²) in [7, 11) is 1.64. The molecule has 2 heterocycles. The quantitative estimate of drug-likeness (QED) is 0.766. The van der Waals surface area contributed by atoms with Crippen LogP contribution in [0.15, 0.2) is 42.6 Å². The number of pyridine rings is 1. The molecule has 4 rings (SSSR count). The first-order valence-electron chi connectivity index (χ1n) is 8.03. The van der Waals surface area contributed by atoms with Crippen molar-refractivity contribution in [2.24, 2.45) is 11.8 Å². The van der Waals surface area contributed by atoms with Gasteiger partial charge in [0.15, 0.2) is 0 Å². The number of hydrogen-bond donors (Lipinski definition) is 2. The van der Waals surface area contributed by atoms with Crippen LogP contribution in [0.2, 0.25) is 0 Å². The van der Waals surface area contributed by atoms with E-state index < -0.39 is 0 Å². The van der Waals surface area contributed by atoms with Crippen LogP contribution >= 0.6 is 0 Å². The van der Waals surface area contributed by atoms with Crippen LogP contribution in [0.1, 0.15) is 6.42 Å². The van der Waals surface area contributed by atoms with Crippen LogP contribution < -0.4 is 10.1 Å². The number of H-pyrrole nitrogens is 1. The molecule has 2 aromatic heterocycles. The minimum atomic E-state index is -0.213. The molecule has 1 aliphatic carbocycles. The van der Waals surface area contributed by atoms with E-state index in [1.165, 1.54) is 0 Å². The zero-order chi connectivity index (χ0) is 17.4. The fraction of sp³-hybridized carbons (Fsp3) is 0.211. The van der Waals surface area contributed by atoms with E-state index in [2.05, 4.69) is 21.4 Å². The molecule has 1 amide bonds. The predicted octanol–water partition coefficient (Wildman–Crippen LogP) is 3.34. The summed E-state index contributed by atoms with van der Waals surface area (Å²) in [6, 6.07) is 13.6. The van der Waals surface area contributed by atoms with Crippen LogP contribution in [0.25, 0.3) is 22.2 Å². The molecule has 0 unspecified atom stereocenters. The molecule has 1 fully saturated rings. The summed E-state index contributed by atoms with van der Waals surface area (Å²) in [5.41, 5.74) is 2.65. The largest absolute Gasteiger partial charge is 0.496 e. The second-order valence-corrected chi connectivity index (χ2v) is 6.06. The third-order valence-corrected chi connectivity index (χ3v) is 4.48. The normalized spacial score (nSPS) is 18.6. The van der Waals surface area contributed by atoms with E-state index in [9.17, 15) is 4.79 Å². The summed E-state index contributed by atoms with van der Waals surface area (Å²) < 4.78 is 5.43. The second kappa shape index (κ2) is 5.95. The maximum Gasteiger partial charge on any atom is 0.230 e. The van der Waals surface area contributed by atoms with Gasteiger partial charge in [0.25, 0.3) is 0 Å². The number of fused-ring (bicyclic) bond motifs is 1. The number of nitrogens with one attached hydrogen (secondary N) is 2. The minimum Gasteiger partial charge on any atom is -0.496 e. The SMILES string of the molecule is COc1ccccc1-c1c[nH]c2nc(NC(=O)[C@H]3C[C@H]3C#N)ccc12. The second-order valence-electron chi connectivity index (χ2n) is 6.06. The van der Waals surface area contributed by atoms with Crippen molar-refractivity contribution >= 4 is 22.8 Å². The Morgan fingerprint density at radius 1 is 1.32 bits per heavy atom. The Hall–Kier alpha value is -3.33. The number of aromatic amines is 1. The zero-order valence-corrected chi connectivity index (χ0v) is 13.6. The number of benzene rings is 1. The number of methoxy groups -OCH3 is 1. The lowest BCUT2D eigenvalue weighted by molar-refractivity contribution is -0.117. The van der Waals surface area contributed by atoms with Gasteiger partial charge in [-0.1, -0.05) is 18.2 Å². The number of amides is 1. The molecule has 1 aliphatic rings. The fourth-order valence-corrected chi connectivity index (χ4v) is 3.01. The molecule has 0 aliphatic heterocycles. The zero-order valence-electron chi connectivity index (χ0n) is 13.6. The summed E-state index contributed by atoms with van der Waals surface area (Å²) in [4.78, 5) is 19.7. The van der Waals surface area contributed by atoms with Crippen molar-refractivity contribution in [3.05, 3.63) is 42.6 Å². The van der Waals surface area contributed by atoms with Crippen molar-refractivity contribution in [3.8, 4) is 22.9 Å². The van der Waals surface area contributed by atoms with Crippen molar-refractivity contribution < 1.29 is 9.53 Å². The van der Waals surface area contributed by atoms with Gasteiger partial charge in [0.1, 0.15) is 17.2 Å². The Labute approximate surface area is 144 Å². The molecule has 3 aromatic rings. The van der Waals surface area contributed by atoms with E-state index in [0.717, 1.165) is 22.3 Å². The summed E-state index contributed by atoms with van der Waals surface area (Å²) in [5, 5.41) is 12.6. The van der Waals surface area contributed by atoms with Gasteiger partial charge >= 0.3 is 0 Å². The van der Waals surface area contributed by atoms with Crippen LogP contribution in [-0.2, 0) is 4.79 Å². The molecule has 2 atom stereocenters. The topological polar surface area (TPSA) is 90.8 Å². The third kappa shape index (κ3) is 2.70. The number of nitriles is 1. The Kier molecular flexibility index (Phi) is 3.62. The number of carbonyl (C=O) groups is 1. The average Bonchev–Trinajstić information content (AvgIpc) is 3.33. The Bertz CT molecular complexity index is 1000. The van der Waals surface area contributed by atoms with Gasteiger partial charge in [0.05, 0.1) is 25.0 Å². The van der Waals surface area contributed by atoms with Crippen LogP contribution in [0, 0.1) is 23.2 Å². The Morgan fingerprint density at radius 2 is 2.16 bits per heavy atom. The number of carbonyl (C=O) groups excluding carboxylic acids is 1. The molecule has 6 nitrogen and oxygen atoms in total. The molecular formula is C19H16N4O2. The molecule has 0 spiro atoms. The standard InChI is InChI=1S/C19H16N4O2/c1-25-16-5-3-2-4-12(16)15-10-21-18-13(15)6-7-17(22-18)23-19(24)14-8-11(14)9-20/h2-7,10-11,14H,8H2,1H3,(H2,21,22,23,24)/t11-,14-/m0/s1. The fourth-order valence-electron chi connectivity index (χ4n) is 3.01. The lowest BCUT2D eigenvalue weighted by atomic mass is 10.0. The number of rotatable bonds is 4. The van der Waals surface area contributed by atoms with Crippen LogP contribution in [-0.4, -0.2) is 23.0 Å². The average molecular weight is 332 g/mol. The van der Waals surface area contributed by atoms with Gasteiger partial charge in [-0.3, -0.25) is 4.79 Å². The highest BCUT2D eigenvalue weighted by molar-refractivity contribution is 5.98. The number of nitrogens with zero attached hydrogens (tertiary/aromatic N) is 2. The van der Waals surface area contributed by atoms with E-state index in [-0.39, 0.29) is 17.7 Å². The monoisotopic (exact) mass is 332 g/mol. The number of hydrogen-bond acceptors (Lipinski definition) is 4. The van der Waals surface area contributed by atoms with E-state index in [0.29, 0.717) is 17.9 Å². The van der Waals surface area contributed by atoms with E-state index in [1.54, 1.807) is 13.2 Å². The molecule has 0 saturated heterocycles. The molecule has 1 aromatic carbocycles. The molecule has 0 radical (unpaired) electrons. The summed E-state index contributed by atoms with van der Waals surface area (Å²) in [6.07, 6.45) is 2.51. The highest BCUT2D eigenvalue weighted by Crippen LogP contribution is 2.39. The first-order valence-corrected chi connectivity index (χ1v) is 8.03. The third-order valence-electron chi connectivity index (χ3n) is 4.48. The molecular weight excluding hydrogens is 316 g/mol. The van der Waals surface area contributed by atoms with Gasteiger partial charge in [-0.2, -0.15) is 5.26 Å². The number of anilines is 1. The number of aromatic nitrogens is 2. The lowest BCUT2D eigenvalue weighted by Crippen LogP contribution is -2.15. The number of para-hydroxylation sites is 1. The van der Waals surface area contributed by atoms with Gasteiger partial charge in [-0.25, -0.2) is 4.98 Å². The molecule has 2 N–H and O–H groups in total. The highest BCUT2D eigenvalue weighted by Gasteiger charge is 2.43. The van der Waals surface area contributed by atoms with E-state index >= 15 is 0 Å². The highest BCUT2D eigenvalue weighted by atomic mass is 16.5. The van der Waals surface area contributed by atoms with Gasteiger partial charge in [-0.15, -0.1) is 0 Å². The van der Waals surface area contributed by atoms with Crippen molar-refractivity contribution in [1.29, 1.82) is 5.26 Å². The van der Waals surface area contributed by atoms with Crippen molar-refractivity contribution in [2.45, 2.75) is 6.42 Å². The smallest absolute Gasteiger partial charge is 0.230 e. The maximum atomic E-state index is 12.1. The predicted molar refractivity (Wildman–Crippen MR) is 93.9 cm³/mol. The van der Waals surface area contributed by atoms with Crippen molar-refractivity contribution in [1.82, 2.24) is 9.97 Å². The van der Waals surface area contributed by atoms with Crippen LogP contribution in [0.5, 0.6) is 5.75 Å². The van der Waals surface area contributed by atoms with Crippen molar-refractivity contribution in [3.63, 3.8) is 0 Å². The Balaban J connectivity index is 1.63. The minimum absolute atomic E-state index is 0.144. The van der Waals surface area contributed by atoms with E-state index in [4.69, 9.17) is 10.00 Å². The lowest BCUT2D eigenvalue weighted by Gasteiger charge is -2.07. The first kappa shape index (κ1) is 15.2. The molecule has 25 heavy (non-hydrogen) atoms. The first-order chi connectivity index (χ1) is 12.2. The summed E-state index contributed by atoms with van der Waals surface area (Å²) in [5.74, 6) is 0.753. The van der Waals surface area contributed by atoms with Crippen molar-refractivity contribution in [2.75, 3.05) is 12.4 Å². The summed E-state index contributed by atoms with van der Waals surface area (Å²) in [6.45, 7) is 0.